The van der Waals surface area contributed by atoms with Gasteiger partial charge in [-0.05, 0) is 102 Å². The van der Waals surface area contributed by atoms with Crippen molar-refractivity contribution in [2.75, 3.05) is 6.61 Å². The fourth-order valence-corrected chi connectivity index (χ4v) is 9.18. The number of aliphatic carboxylic acids is 1. The summed E-state index contributed by atoms with van der Waals surface area (Å²) in [5.74, 6) is -1.55. The summed E-state index contributed by atoms with van der Waals surface area (Å²) < 4.78 is 63.1. The number of sulfonamides is 2. The van der Waals surface area contributed by atoms with E-state index in [9.17, 15) is 31.5 Å². The molecule has 0 aromatic heterocycles. The average Bonchev–Trinajstić information content (AvgIpc) is 3.36. The molecule has 0 amide bonds. The van der Waals surface area contributed by atoms with E-state index in [1.807, 2.05) is 12.1 Å². The van der Waals surface area contributed by atoms with Crippen LogP contribution in [0.2, 0.25) is 0 Å². The SMILES string of the molecule is C=NC(=Nc1cccc(-c2cccc(S(=O)(=O)NC(CC(=O)O)c3ccccc3)c2)c1)NC#N.C=NC(=Nc1cccc(-c2cccc(S(=O)(=O)NC(CC(=O)OCC)c3ccccc3)c2)c1)NC#N. The lowest BCUT2D eigenvalue weighted by atomic mass is 10.1. The van der Waals surface area contributed by atoms with Gasteiger partial charge in [-0.25, -0.2) is 46.2 Å². The van der Waals surface area contributed by atoms with Crippen LogP contribution in [-0.4, -0.2) is 65.8 Å². The Morgan fingerprint density at radius 3 is 1.34 bits per heavy atom. The first kappa shape index (κ1) is 52.3. The number of hydrogen-bond acceptors (Lipinski definition) is 11. The van der Waals surface area contributed by atoms with Crippen LogP contribution in [0.3, 0.4) is 0 Å². The van der Waals surface area contributed by atoms with Gasteiger partial charge in [0.1, 0.15) is 0 Å². The molecule has 0 saturated heterocycles. The summed E-state index contributed by atoms with van der Waals surface area (Å²) in [6.07, 6.45) is 2.91. The Balaban J connectivity index is 0.000000261. The Labute approximate surface area is 405 Å². The number of aliphatic imine (C=N–C) groups is 4. The molecular formula is C50H46N10O8S2. The summed E-state index contributed by atoms with van der Waals surface area (Å²) in [6, 6.07) is 42.3. The molecule has 0 radical (unpaired) electrons. The number of benzene rings is 6. The predicted molar refractivity (Wildman–Crippen MR) is 267 cm³/mol. The fraction of sp³-hybridized carbons (Fsp3) is 0.120. The second-order valence-electron chi connectivity index (χ2n) is 14.6. The maximum Gasteiger partial charge on any atom is 0.307 e. The zero-order valence-corrected chi connectivity index (χ0v) is 39.1. The molecule has 2 atom stereocenters. The molecule has 0 aliphatic rings. The van der Waals surface area contributed by atoms with Gasteiger partial charge < -0.3 is 9.84 Å². The maximum atomic E-state index is 13.3. The highest BCUT2D eigenvalue weighted by molar-refractivity contribution is 7.89. The Hall–Kier alpha value is -8.66. The third-order valence-electron chi connectivity index (χ3n) is 9.81. The van der Waals surface area contributed by atoms with Crippen LogP contribution in [0.5, 0.6) is 0 Å². The van der Waals surface area contributed by atoms with Gasteiger partial charge in [-0.2, -0.15) is 10.5 Å². The van der Waals surface area contributed by atoms with Crippen molar-refractivity contribution in [2.24, 2.45) is 20.0 Å². The van der Waals surface area contributed by atoms with Gasteiger partial charge in [0, 0.05) is 0 Å². The van der Waals surface area contributed by atoms with Crippen LogP contribution in [0.15, 0.2) is 187 Å². The van der Waals surface area contributed by atoms with E-state index in [0.717, 1.165) is 0 Å². The Morgan fingerprint density at radius 2 is 0.971 bits per heavy atom. The maximum absolute atomic E-state index is 13.3. The van der Waals surface area contributed by atoms with Crippen molar-refractivity contribution < 1.29 is 36.3 Å². The molecule has 6 aromatic rings. The second kappa shape index (κ2) is 25.5. The van der Waals surface area contributed by atoms with Crippen molar-refractivity contribution in [3.8, 4) is 34.6 Å². The molecule has 0 aliphatic carbocycles. The highest BCUT2D eigenvalue weighted by Gasteiger charge is 2.26. The number of hydrogen-bond donors (Lipinski definition) is 5. The number of nitriles is 2. The lowest BCUT2D eigenvalue weighted by Gasteiger charge is -2.19. The number of carbonyl (C=O) groups is 2. The van der Waals surface area contributed by atoms with Gasteiger partial charge in [0.25, 0.3) is 0 Å². The van der Waals surface area contributed by atoms with Crippen molar-refractivity contribution in [3.63, 3.8) is 0 Å². The first-order chi connectivity index (χ1) is 33.7. The summed E-state index contributed by atoms with van der Waals surface area (Å²) in [4.78, 5) is 39.2. The minimum Gasteiger partial charge on any atom is -0.481 e. The van der Waals surface area contributed by atoms with Gasteiger partial charge in [-0.3, -0.25) is 20.2 Å². The number of carboxylic acid groups (broad SMARTS) is 1. The predicted octanol–water partition coefficient (Wildman–Crippen LogP) is 7.69. The molecule has 5 N–H and O–H groups in total. The molecular weight excluding hydrogens is 933 g/mol. The molecule has 20 heteroatoms. The molecule has 0 spiro atoms. The quantitative estimate of drug-likeness (QED) is 0.0193. The molecule has 6 rings (SSSR count). The third kappa shape index (κ3) is 15.4. The van der Waals surface area contributed by atoms with E-state index in [1.165, 1.54) is 24.3 Å². The van der Waals surface area contributed by atoms with Crippen molar-refractivity contribution in [1.82, 2.24) is 20.1 Å². The average molecular weight is 979 g/mol. The number of ether oxygens (including phenoxy) is 1. The van der Waals surface area contributed by atoms with Crippen molar-refractivity contribution >= 4 is 68.7 Å². The Morgan fingerprint density at radius 1 is 0.586 bits per heavy atom. The number of guanidine groups is 2. The van der Waals surface area contributed by atoms with Gasteiger partial charge in [0.05, 0.1) is 52.7 Å². The van der Waals surface area contributed by atoms with E-state index in [4.69, 9.17) is 15.3 Å². The summed E-state index contributed by atoms with van der Waals surface area (Å²) in [5, 5.41) is 31.4. The van der Waals surface area contributed by atoms with E-state index >= 15 is 0 Å². The van der Waals surface area contributed by atoms with Crippen LogP contribution < -0.4 is 20.1 Å². The second-order valence-corrected chi connectivity index (χ2v) is 18.0. The van der Waals surface area contributed by atoms with Crippen LogP contribution in [-0.2, 0) is 34.4 Å². The topological polar surface area (TPSA) is 277 Å². The summed E-state index contributed by atoms with van der Waals surface area (Å²) in [6.45, 7) is 8.62. The minimum absolute atomic E-state index is 0.00943. The van der Waals surface area contributed by atoms with Crippen LogP contribution in [0, 0.1) is 22.9 Å². The van der Waals surface area contributed by atoms with Crippen molar-refractivity contribution in [3.05, 3.63) is 169 Å². The smallest absolute Gasteiger partial charge is 0.307 e. The molecule has 2 unspecified atom stereocenters. The lowest BCUT2D eigenvalue weighted by molar-refractivity contribution is -0.143. The van der Waals surface area contributed by atoms with Crippen molar-refractivity contribution in [2.45, 2.75) is 41.6 Å². The normalized spacial score (nSPS) is 12.3. The summed E-state index contributed by atoms with van der Waals surface area (Å²) in [7, 11) is -8.03. The van der Waals surface area contributed by atoms with E-state index in [2.05, 4.69) is 53.5 Å². The zero-order valence-electron chi connectivity index (χ0n) is 37.5. The number of nitrogens with one attached hydrogen (secondary N) is 4. The number of esters is 1. The van der Waals surface area contributed by atoms with Crippen LogP contribution >= 0.6 is 0 Å². The fourth-order valence-electron chi connectivity index (χ4n) is 6.64. The molecule has 70 heavy (non-hydrogen) atoms. The number of carbonyl (C=O) groups excluding carboxylic acids is 1. The largest absolute Gasteiger partial charge is 0.481 e. The van der Waals surface area contributed by atoms with Crippen LogP contribution in [0.25, 0.3) is 22.3 Å². The van der Waals surface area contributed by atoms with E-state index in [0.29, 0.717) is 44.8 Å². The highest BCUT2D eigenvalue weighted by Crippen LogP contribution is 2.30. The van der Waals surface area contributed by atoms with Crippen molar-refractivity contribution in [1.29, 1.82) is 10.5 Å². The van der Waals surface area contributed by atoms with Gasteiger partial charge in [0.2, 0.25) is 32.0 Å². The van der Waals surface area contributed by atoms with E-state index in [1.54, 1.807) is 141 Å². The summed E-state index contributed by atoms with van der Waals surface area (Å²) >= 11 is 0. The first-order valence-electron chi connectivity index (χ1n) is 21.0. The van der Waals surface area contributed by atoms with Gasteiger partial charge in [-0.1, -0.05) is 109 Å². The Kier molecular flexibility index (Phi) is 19.0. The van der Waals surface area contributed by atoms with Gasteiger partial charge >= 0.3 is 11.9 Å². The molecule has 6 aromatic carbocycles. The third-order valence-corrected chi connectivity index (χ3v) is 12.7. The molecule has 0 fully saturated rings. The molecule has 0 aliphatic heterocycles. The molecule has 0 heterocycles. The lowest BCUT2D eigenvalue weighted by Crippen LogP contribution is -2.30. The monoisotopic (exact) mass is 978 g/mol. The highest BCUT2D eigenvalue weighted by atomic mass is 32.2. The van der Waals surface area contributed by atoms with Gasteiger partial charge in [-0.15, -0.1) is 0 Å². The Bertz CT molecular complexity index is 3190. The number of carboxylic acids is 1. The first-order valence-corrected chi connectivity index (χ1v) is 24.0. The van der Waals surface area contributed by atoms with Crippen LogP contribution in [0.4, 0.5) is 11.4 Å². The van der Waals surface area contributed by atoms with Crippen LogP contribution in [0.1, 0.15) is 43.0 Å². The standard InChI is InChI=1S/C26H25N5O4S.C24H21N5O4S/c1-3-35-25(32)17-24(19-9-5-4-6-10-19)31-36(33,34)23-14-8-12-21(16-23)20-11-7-13-22(15-20)30-26(28-2)29-18-27;1-26-24(27-16-25)28-20-11-5-9-18(13-20)19-10-6-12-21(14-19)34(32,33)29-22(15-23(30)31)17-7-3-2-4-8-17/h4-16,24,31H,2-3,17H2,1H3,(H,29,30);2-14,22,29H,1,15H2,(H,27,28)(H,30,31). The molecule has 356 valence electrons. The molecule has 0 saturated carbocycles. The number of rotatable bonds is 17. The zero-order chi connectivity index (χ0) is 50.5. The molecule has 18 nitrogen and oxygen atoms in total. The minimum atomic E-state index is -4.03. The van der Waals surface area contributed by atoms with Gasteiger partial charge in [0.15, 0.2) is 12.4 Å². The van der Waals surface area contributed by atoms with E-state index < -0.39 is 50.5 Å². The summed E-state index contributed by atoms with van der Waals surface area (Å²) in [5.41, 5.74) is 4.82. The van der Waals surface area contributed by atoms with E-state index in [-0.39, 0.29) is 34.7 Å². The molecule has 0 bridgehead atoms. The number of nitrogens with zero attached hydrogens (tertiary/aromatic N) is 6.